The Morgan fingerprint density at radius 2 is 2.20 bits per heavy atom. The molecule has 0 atom stereocenters. The zero-order chi connectivity index (χ0) is 10.7. The second kappa shape index (κ2) is 4.04. The quantitative estimate of drug-likeness (QED) is 0.791. The van der Waals surface area contributed by atoms with Gasteiger partial charge in [0.2, 0.25) is 0 Å². The number of anilines is 2. The number of nitrogens with one attached hydrogen (secondary N) is 1. The molecule has 1 heterocycles. The van der Waals surface area contributed by atoms with Crippen LogP contribution in [0.4, 0.5) is 11.6 Å². The summed E-state index contributed by atoms with van der Waals surface area (Å²) in [4.78, 5) is 0. The summed E-state index contributed by atoms with van der Waals surface area (Å²) >= 11 is 0. The second-order valence-corrected chi connectivity index (χ2v) is 4.40. The molecule has 1 aromatic heterocycles. The normalized spacial score (nSPS) is 18.2. The molecule has 0 bridgehead atoms. The second-order valence-electron chi connectivity index (χ2n) is 4.40. The number of rotatable bonds is 4. The highest BCUT2D eigenvalue weighted by molar-refractivity contribution is 5.38. The zero-order valence-corrected chi connectivity index (χ0v) is 9.16. The molecule has 1 aliphatic carbocycles. The first-order chi connectivity index (χ1) is 7.24. The summed E-state index contributed by atoms with van der Waals surface area (Å²) in [6.45, 7) is 3.26. The van der Waals surface area contributed by atoms with Crippen LogP contribution in [0.1, 0.15) is 32.6 Å². The minimum Gasteiger partial charge on any atom is -0.382 e. The maximum absolute atomic E-state index is 5.47. The van der Waals surface area contributed by atoms with E-state index >= 15 is 0 Å². The third-order valence-electron chi connectivity index (χ3n) is 3.49. The summed E-state index contributed by atoms with van der Waals surface area (Å²) in [5, 5.41) is 11.1. The Hall–Kier alpha value is -1.32. The summed E-state index contributed by atoms with van der Waals surface area (Å²) in [7, 11) is 0. The van der Waals surface area contributed by atoms with Crippen LogP contribution in [0, 0.1) is 5.41 Å². The average Bonchev–Trinajstić information content (AvgIpc) is 2.20. The molecule has 0 unspecified atom stereocenters. The van der Waals surface area contributed by atoms with Crippen LogP contribution in [-0.2, 0) is 0 Å². The molecule has 3 N–H and O–H groups in total. The Labute approximate surface area is 90.3 Å². The lowest BCUT2D eigenvalue weighted by molar-refractivity contribution is 0.145. The number of aromatic nitrogens is 2. The zero-order valence-electron chi connectivity index (χ0n) is 9.16. The molecule has 0 radical (unpaired) electrons. The molecular weight excluding hydrogens is 188 g/mol. The van der Waals surface area contributed by atoms with E-state index in [4.69, 9.17) is 5.73 Å². The van der Waals surface area contributed by atoms with Crippen molar-refractivity contribution in [1.82, 2.24) is 10.2 Å². The maximum atomic E-state index is 5.47. The fourth-order valence-electron chi connectivity index (χ4n) is 2.05. The fourth-order valence-corrected chi connectivity index (χ4v) is 2.05. The van der Waals surface area contributed by atoms with E-state index in [1.165, 1.54) is 25.7 Å². The van der Waals surface area contributed by atoms with Crippen LogP contribution in [0.25, 0.3) is 0 Å². The minimum absolute atomic E-state index is 0.467. The highest BCUT2D eigenvalue weighted by Crippen LogP contribution is 2.43. The van der Waals surface area contributed by atoms with E-state index in [9.17, 15) is 0 Å². The van der Waals surface area contributed by atoms with Crippen LogP contribution >= 0.6 is 0 Å². The van der Waals surface area contributed by atoms with Crippen molar-refractivity contribution in [3.8, 4) is 0 Å². The van der Waals surface area contributed by atoms with E-state index in [2.05, 4.69) is 22.4 Å². The predicted octanol–water partition coefficient (Wildman–Crippen LogP) is 2.05. The van der Waals surface area contributed by atoms with Crippen molar-refractivity contribution in [2.24, 2.45) is 5.41 Å². The number of nitrogens with zero attached hydrogens (tertiary/aromatic N) is 2. The first-order valence-electron chi connectivity index (χ1n) is 5.57. The molecule has 1 aliphatic rings. The molecule has 1 saturated carbocycles. The Morgan fingerprint density at radius 3 is 2.67 bits per heavy atom. The lowest BCUT2D eigenvalue weighted by atomic mass is 9.67. The van der Waals surface area contributed by atoms with E-state index in [1.807, 2.05) is 6.07 Å². The number of nitrogens with two attached hydrogens (primary N) is 1. The van der Waals surface area contributed by atoms with Gasteiger partial charge in [0.05, 0.1) is 0 Å². The van der Waals surface area contributed by atoms with Crippen molar-refractivity contribution in [2.75, 3.05) is 17.6 Å². The smallest absolute Gasteiger partial charge is 0.148 e. The van der Waals surface area contributed by atoms with Gasteiger partial charge in [0.15, 0.2) is 0 Å². The summed E-state index contributed by atoms with van der Waals surface area (Å²) in [5.41, 5.74) is 5.97. The van der Waals surface area contributed by atoms with Gasteiger partial charge in [-0.15, -0.1) is 10.2 Å². The van der Waals surface area contributed by atoms with Crippen LogP contribution < -0.4 is 11.1 Å². The monoisotopic (exact) mass is 206 g/mol. The first-order valence-corrected chi connectivity index (χ1v) is 5.57. The van der Waals surface area contributed by atoms with Gasteiger partial charge in [0, 0.05) is 6.54 Å². The van der Waals surface area contributed by atoms with Gasteiger partial charge in [-0.2, -0.15) is 0 Å². The van der Waals surface area contributed by atoms with Crippen molar-refractivity contribution in [1.29, 1.82) is 0 Å². The summed E-state index contributed by atoms with van der Waals surface area (Å²) in [5.74, 6) is 1.29. The van der Waals surface area contributed by atoms with Gasteiger partial charge in [-0.3, -0.25) is 0 Å². The highest BCUT2D eigenvalue weighted by atomic mass is 15.2. The van der Waals surface area contributed by atoms with Crippen molar-refractivity contribution in [2.45, 2.75) is 32.6 Å². The lowest BCUT2D eigenvalue weighted by Gasteiger charge is -2.41. The van der Waals surface area contributed by atoms with Crippen LogP contribution in [0.15, 0.2) is 12.1 Å². The summed E-state index contributed by atoms with van der Waals surface area (Å²) in [6, 6.07) is 3.65. The maximum Gasteiger partial charge on any atom is 0.148 e. The van der Waals surface area contributed by atoms with Crippen molar-refractivity contribution in [3.05, 3.63) is 12.1 Å². The van der Waals surface area contributed by atoms with Crippen molar-refractivity contribution in [3.63, 3.8) is 0 Å². The molecule has 2 rings (SSSR count). The molecule has 4 nitrogen and oxygen atoms in total. The molecule has 0 saturated heterocycles. The molecule has 0 aromatic carbocycles. The predicted molar refractivity (Wildman–Crippen MR) is 61.5 cm³/mol. The van der Waals surface area contributed by atoms with Crippen LogP contribution in [-0.4, -0.2) is 16.7 Å². The van der Waals surface area contributed by atoms with Crippen LogP contribution in [0.3, 0.4) is 0 Å². The van der Waals surface area contributed by atoms with Crippen molar-refractivity contribution < 1.29 is 0 Å². The van der Waals surface area contributed by atoms with E-state index in [0.29, 0.717) is 11.2 Å². The van der Waals surface area contributed by atoms with Crippen LogP contribution in [0.2, 0.25) is 0 Å². The van der Waals surface area contributed by atoms with E-state index in [1.54, 1.807) is 6.07 Å². The fraction of sp³-hybridized carbons (Fsp3) is 0.636. The molecule has 1 fully saturated rings. The molecule has 0 aliphatic heterocycles. The van der Waals surface area contributed by atoms with Gasteiger partial charge < -0.3 is 11.1 Å². The third-order valence-corrected chi connectivity index (χ3v) is 3.49. The van der Waals surface area contributed by atoms with Gasteiger partial charge in [-0.05, 0) is 36.8 Å². The Balaban J connectivity index is 1.90. The van der Waals surface area contributed by atoms with E-state index in [-0.39, 0.29) is 0 Å². The largest absolute Gasteiger partial charge is 0.382 e. The molecular formula is C11H18N4. The molecule has 0 amide bonds. The topological polar surface area (TPSA) is 63.8 Å². The third kappa shape index (κ3) is 2.19. The van der Waals surface area contributed by atoms with E-state index < -0.39 is 0 Å². The number of nitrogen functional groups attached to an aromatic ring is 1. The van der Waals surface area contributed by atoms with Gasteiger partial charge in [-0.1, -0.05) is 13.3 Å². The standard InChI is InChI=1S/C11H18N4/c1-2-11(6-3-7-11)8-13-10-5-4-9(12)14-15-10/h4-5H,2-3,6-8H2,1H3,(H2,12,14)(H,13,15). The van der Waals surface area contributed by atoms with Gasteiger partial charge in [-0.25, -0.2) is 0 Å². The number of hydrogen-bond donors (Lipinski definition) is 2. The van der Waals surface area contributed by atoms with Crippen molar-refractivity contribution >= 4 is 11.6 Å². The van der Waals surface area contributed by atoms with E-state index in [0.717, 1.165) is 12.4 Å². The summed E-state index contributed by atoms with van der Waals surface area (Å²) in [6.07, 6.45) is 5.27. The van der Waals surface area contributed by atoms with Gasteiger partial charge >= 0.3 is 0 Å². The van der Waals surface area contributed by atoms with Gasteiger partial charge in [0.25, 0.3) is 0 Å². The SMILES string of the molecule is CCC1(CNc2ccc(N)nn2)CCC1. The highest BCUT2D eigenvalue weighted by Gasteiger charge is 2.34. The number of hydrogen-bond acceptors (Lipinski definition) is 4. The Morgan fingerprint density at radius 1 is 1.40 bits per heavy atom. The minimum atomic E-state index is 0.467. The lowest BCUT2D eigenvalue weighted by Crippen LogP contribution is -2.36. The first kappa shape index (κ1) is 10.2. The molecule has 1 aromatic rings. The Kier molecular flexibility index (Phi) is 2.75. The summed E-state index contributed by atoms with van der Waals surface area (Å²) < 4.78 is 0. The van der Waals surface area contributed by atoms with Gasteiger partial charge in [0.1, 0.15) is 11.6 Å². The Bertz CT molecular complexity index is 310. The molecule has 15 heavy (non-hydrogen) atoms. The molecule has 4 heteroatoms. The molecule has 82 valence electrons. The average molecular weight is 206 g/mol. The van der Waals surface area contributed by atoms with Crippen LogP contribution in [0.5, 0.6) is 0 Å². The molecule has 0 spiro atoms.